The standard InChI is InChI=1S/C27H30N4O4/c1-34-23-16-21-11-15-31(26(20-6-4-3-5-7-20)22(21)17-24(23)35-2)27(33)29-14-10-25(32)30-18-19-8-12-28-13-9-19/h3-9,12-13,16-17,26H,10-11,14-15,18H2,1-2H3,(H,29,33)(H,30,32)/t26-/m0/s1. The van der Waals surface area contributed by atoms with Crippen molar-refractivity contribution in [2.45, 2.75) is 25.4 Å². The van der Waals surface area contributed by atoms with Gasteiger partial charge in [-0.3, -0.25) is 9.78 Å². The summed E-state index contributed by atoms with van der Waals surface area (Å²) < 4.78 is 11.0. The summed E-state index contributed by atoms with van der Waals surface area (Å²) in [6, 6.07) is 17.1. The van der Waals surface area contributed by atoms with Crippen molar-refractivity contribution in [1.29, 1.82) is 0 Å². The van der Waals surface area contributed by atoms with Crippen molar-refractivity contribution in [1.82, 2.24) is 20.5 Å². The Kier molecular flexibility index (Phi) is 7.82. The van der Waals surface area contributed by atoms with Crippen LogP contribution in [-0.2, 0) is 17.8 Å². The molecule has 1 aliphatic rings. The second-order valence-corrected chi connectivity index (χ2v) is 8.28. The Morgan fingerprint density at radius 3 is 2.43 bits per heavy atom. The molecule has 1 atom stereocenters. The molecule has 182 valence electrons. The van der Waals surface area contributed by atoms with Crippen LogP contribution in [0.15, 0.2) is 67.0 Å². The molecule has 2 aromatic carbocycles. The minimum atomic E-state index is -0.278. The number of nitrogens with one attached hydrogen (secondary N) is 2. The predicted octanol–water partition coefficient (Wildman–Crippen LogP) is 3.46. The zero-order valence-corrected chi connectivity index (χ0v) is 20.0. The van der Waals surface area contributed by atoms with Gasteiger partial charge < -0.3 is 25.0 Å². The summed E-state index contributed by atoms with van der Waals surface area (Å²) in [5.41, 5.74) is 4.11. The molecule has 0 saturated heterocycles. The number of ether oxygens (including phenoxy) is 2. The average Bonchev–Trinajstić information content (AvgIpc) is 2.91. The molecule has 1 aromatic heterocycles. The molecule has 0 fully saturated rings. The Morgan fingerprint density at radius 1 is 1.00 bits per heavy atom. The number of benzene rings is 2. The van der Waals surface area contributed by atoms with E-state index < -0.39 is 0 Å². The van der Waals surface area contributed by atoms with Gasteiger partial charge in [-0.05, 0) is 52.9 Å². The van der Waals surface area contributed by atoms with E-state index in [1.807, 2.05) is 59.5 Å². The highest BCUT2D eigenvalue weighted by atomic mass is 16.5. The molecule has 8 nitrogen and oxygen atoms in total. The van der Waals surface area contributed by atoms with E-state index in [0.29, 0.717) is 31.0 Å². The molecule has 3 aromatic rings. The first kappa shape index (κ1) is 24.1. The lowest BCUT2D eigenvalue weighted by atomic mass is 9.88. The quantitative estimate of drug-likeness (QED) is 0.522. The Morgan fingerprint density at radius 2 is 1.71 bits per heavy atom. The van der Waals surface area contributed by atoms with Crippen LogP contribution in [0.4, 0.5) is 4.79 Å². The molecule has 3 amide bonds. The largest absolute Gasteiger partial charge is 0.493 e. The second-order valence-electron chi connectivity index (χ2n) is 8.28. The van der Waals surface area contributed by atoms with Crippen LogP contribution in [-0.4, -0.2) is 49.1 Å². The predicted molar refractivity (Wildman–Crippen MR) is 132 cm³/mol. The molecule has 0 bridgehead atoms. The number of fused-ring (bicyclic) bond motifs is 1. The highest BCUT2D eigenvalue weighted by Crippen LogP contribution is 2.40. The zero-order valence-electron chi connectivity index (χ0n) is 20.0. The lowest BCUT2D eigenvalue weighted by molar-refractivity contribution is -0.121. The number of carbonyl (C=O) groups is 2. The molecule has 0 aliphatic carbocycles. The number of urea groups is 1. The zero-order chi connectivity index (χ0) is 24.6. The maximum Gasteiger partial charge on any atom is 0.318 e. The average molecular weight is 475 g/mol. The summed E-state index contributed by atoms with van der Waals surface area (Å²) >= 11 is 0. The third-order valence-electron chi connectivity index (χ3n) is 6.12. The molecule has 0 saturated carbocycles. The van der Waals surface area contributed by atoms with Gasteiger partial charge in [0.05, 0.1) is 20.3 Å². The minimum absolute atomic E-state index is 0.123. The molecule has 2 heterocycles. The number of nitrogens with zero attached hydrogens (tertiary/aromatic N) is 2. The molecule has 0 unspecified atom stereocenters. The van der Waals surface area contributed by atoms with Gasteiger partial charge in [-0.15, -0.1) is 0 Å². The van der Waals surface area contributed by atoms with Gasteiger partial charge in [0.1, 0.15) is 0 Å². The van der Waals surface area contributed by atoms with Crippen LogP contribution in [0, 0.1) is 0 Å². The van der Waals surface area contributed by atoms with Crippen molar-refractivity contribution < 1.29 is 19.1 Å². The molecule has 0 spiro atoms. The highest BCUT2D eigenvalue weighted by Gasteiger charge is 2.33. The number of aromatic nitrogens is 1. The van der Waals surface area contributed by atoms with Crippen molar-refractivity contribution >= 4 is 11.9 Å². The molecule has 8 heteroatoms. The van der Waals surface area contributed by atoms with Crippen LogP contribution in [0.3, 0.4) is 0 Å². The molecule has 2 N–H and O–H groups in total. The first-order valence-corrected chi connectivity index (χ1v) is 11.6. The van der Waals surface area contributed by atoms with Crippen molar-refractivity contribution in [3.8, 4) is 11.5 Å². The van der Waals surface area contributed by atoms with Gasteiger partial charge in [-0.2, -0.15) is 0 Å². The van der Waals surface area contributed by atoms with Gasteiger partial charge in [-0.1, -0.05) is 30.3 Å². The van der Waals surface area contributed by atoms with Crippen LogP contribution in [0.2, 0.25) is 0 Å². The number of rotatable bonds is 8. The summed E-state index contributed by atoms with van der Waals surface area (Å²) in [5, 5.41) is 5.79. The van der Waals surface area contributed by atoms with Crippen LogP contribution in [0.1, 0.15) is 34.7 Å². The van der Waals surface area contributed by atoms with Gasteiger partial charge in [0, 0.05) is 38.4 Å². The highest BCUT2D eigenvalue weighted by molar-refractivity contribution is 5.79. The summed E-state index contributed by atoms with van der Waals surface area (Å²) in [6.45, 7) is 1.22. The van der Waals surface area contributed by atoms with E-state index in [1.165, 1.54) is 0 Å². The summed E-state index contributed by atoms with van der Waals surface area (Å²) in [6.07, 6.45) is 4.27. The Balaban J connectivity index is 1.45. The normalized spacial score (nSPS) is 14.6. The molecular weight excluding hydrogens is 444 g/mol. The van der Waals surface area contributed by atoms with E-state index in [4.69, 9.17) is 9.47 Å². The SMILES string of the molecule is COc1cc2c(cc1OC)[C@H](c1ccccc1)N(C(=O)NCCC(=O)NCc1ccncc1)CC2. The monoisotopic (exact) mass is 474 g/mol. The minimum Gasteiger partial charge on any atom is -0.493 e. The summed E-state index contributed by atoms with van der Waals surface area (Å²) in [4.78, 5) is 31.3. The molecular formula is C27H30N4O4. The molecule has 0 radical (unpaired) electrons. The number of amides is 3. The summed E-state index contributed by atoms with van der Waals surface area (Å²) in [5.74, 6) is 1.18. The van der Waals surface area contributed by atoms with E-state index in [9.17, 15) is 9.59 Å². The first-order valence-electron chi connectivity index (χ1n) is 11.6. The van der Waals surface area contributed by atoms with Crippen molar-refractivity contribution in [2.75, 3.05) is 27.3 Å². The van der Waals surface area contributed by atoms with E-state index in [0.717, 1.165) is 22.3 Å². The van der Waals surface area contributed by atoms with Crippen molar-refractivity contribution in [3.05, 3.63) is 89.2 Å². The van der Waals surface area contributed by atoms with E-state index in [1.54, 1.807) is 26.6 Å². The fourth-order valence-corrected chi connectivity index (χ4v) is 4.33. The number of methoxy groups -OCH3 is 2. The Hall–Kier alpha value is -4.07. The topological polar surface area (TPSA) is 92.8 Å². The Labute approximate surface area is 205 Å². The fourth-order valence-electron chi connectivity index (χ4n) is 4.33. The van der Waals surface area contributed by atoms with Gasteiger partial charge >= 0.3 is 6.03 Å². The number of carbonyl (C=O) groups excluding carboxylic acids is 2. The van der Waals surface area contributed by atoms with E-state index >= 15 is 0 Å². The number of hydrogen-bond acceptors (Lipinski definition) is 5. The van der Waals surface area contributed by atoms with Crippen molar-refractivity contribution in [2.24, 2.45) is 0 Å². The van der Waals surface area contributed by atoms with Crippen LogP contribution >= 0.6 is 0 Å². The van der Waals surface area contributed by atoms with E-state index in [-0.39, 0.29) is 30.9 Å². The second kappa shape index (κ2) is 11.4. The van der Waals surface area contributed by atoms with Crippen LogP contribution < -0.4 is 20.1 Å². The third kappa shape index (κ3) is 5.71. The maximum absolute atomic E-state index is 13.3. The van der Waals surface area contributed by atoms with Crippen molar-refractivity contribution in [3.63, 3.8) is 0 Å². The number of pyridine rings is 1. The lowest BCUT2D eigenvalue weighted by Gasteiger charge is -2.38. The number of hydrogen-bond donors (Lipinski definition) is 2. The molecule has 4 rings (SSSR count). The van der Waals surface area contributed by atoms with Gasteiger partial charge in [0.25, 0.3) is 0 Å². The van der Waals surface area contributed by atoms with Gasteiger partial charge in [0.15, 0.2) is 11.5 Å². The fraction of sp³-hybridized carbons (Fsp3) is 0.296. The van der Waals surface area contributed by atoms with Crippen LogP contribution in [0.25, 0.3) is 0 Å². The summed E-state index contributed by atoms with van der Waals surface area (Å²) in [7, 11) is 3.23. The molecule has 1 aliphatic heterocycles. The first-order chi connectivity index (χ1) is 17.1. The van der Waals surface area contributed by atoms with Gasteiger partial charge in [0.2, 0.25) is 5.91 Å². The van der Waals surface area contributed by atoms with Crippen LogP contribution in [0.5, 0.6) is 11.5 Å². The smallest absolute Gasteiger partial charge is 0.318 e. The maximum atomic E-state index is 13.3. The Bertz CT molecular complexity index is 1150. The molecule has 35 heavy (non-hydrogen) atoms. The lowest BCUT2D eigenvalue weighted by Crippen LogP contribution is -2.46. The third-order valence-corrected chi connectivity index (χ3v) is 6.12. The van der Waals surface area contributed by atoms with E-state index in [2.05, 4.69) is 15.6 Å². The van der Waals surface area contributed by atoms with Gasteiger partial charge in [-0.25, -0.2) is 4.79 Å².